The molecule has 0 aliphatic heterocycles. The van der Waals surface area contributed by atoms with Crippen LogP contribution in [0.1, 0.15) is 4.88 Å². The van der Waals surface area contributed by atoms with Crippen LogP contribution in [0.3, 0.4) is 0 Å². The topological polar surface area (TPSA) is 35.2 Å². The van der Waals surface area contributed by atoms with Crippen LogP contribution in [0, 0.1) is 6.92 Å². The highest BCUT2D eigenvalue weighted by Gasteiger charge is 2.04. The Labute approximate surface area is 80.9 Å². The second kappa shape index (κ2) is 2.92. The van der Waals surface area contributed by atoms with Crippen LogP contribution in [0.2, 0.25) is 0 Å². The lowest BCUT2D eigenvalue weighted by molar-refractivity contribution is 0.417. The SMILES string of the molecule is COc1cc2cc(C)sc2cc1N. The molecule has 1 heterocycles. The third-order valence-electron chi connectivity index (χ3n) is 1.99. The lowest BCUT2D eigenvalue weighted by Crippen LogP contribution is -1.90. The van der Waals surface area contributed by atoms with E-state index in [1.54, 1.807) is 18.4 Å². The van der Waals surface area contributed by atoms with E-state index in [0.717, 1.165) is 5.75 Å². The molecule has 0 saturated carbocycles. The van der Waals surface area contributed by atoms with Gasteiger partial charge in [-0.25, -0.2) is 0 Å². The Morgan fingerprint density at radius 3 is 2.77 bits per heavy atom. The second-order valence-electron chi connectivity index (χ2n) is 2.99. The lowest BCUT2D eigenvalue weighted by atomic mass is 10.2. The van der Waals surface area contributed by atoms with Gasteiger partial charge in [-0.2, -0.15) is 0 Å². The van der Waals surface area contributed by atoms with Crippen molar-refractivity contribution in [2.24, 2.45) is 0 Å². The summed E-state index contributed by atoms with van der Waals surface area (Å²) in [7, 11) is 1.64. The summed E-state index contributed by atoms with van der Waals surface area (Å²) < 4.78 is 6.36. The first-order valence-electron chi connectivity index (χ1n) is 4.04. The van der Waals surface area contributed by atoms with Crippen LogP contribution in [0.5, 0.6) is 5.75 Å². The maximum atomic E-state index is 5.79. The summed E-state index contributed by atoms with van der Waals surface area (Å²) in [6.45, 7) is 2.09. The molecular weight excluding hydrogens is 182 g/mol. The van der Waals surface area contributed by atoms with Crippen LogP contribution in [-0.2, 0) is 0 Å². The number of hydrogen-bond acceptors (Lipinski definition) is 3. The summed E-state index contributed by atoms with van der Waals surface area (Å²) in [5.74, 6) is 0.755. The van der Waals surface area contributed by atoms with Crippen molar-refractivity contribution in [2.75, 3.05) is 12.8 Å². The van der Waals surface area contributed by atoms with E-state index in [4.69, 9.17) is 10.5 Å². The molecule has 0 saturated heterocycles. The number of rotatable bonds is 1. The van der Waals surface area contributed by atoms with Crippen LogP contribution >= 0.6 is 11.3 Å². The molecule has 0 spiro atoms. The molecule has 0 radical (unpaired) electrons. The number of anilines is 1. The summed E-state index contributed by atoms with van der Waals surface area (Å²) in [4.78, 5) is 1.29. The number of ether oxygens (including phenoxy) is 1. The Morgan fingerprint density at radius 2 is 2.08 bits per heavy atom. The molecule has 0 bridgehead atoms. The van der Waals surface area contributed by atoms with Gasteiger partial charge in [-0.15, -0.1) is 11.3 Å². The van der Waals surface area contributed by atoms with Crippen LogP contribution in [-0.4, -0.2) is 7.11 Å². The zero-order valence-electron chi connectivity index (χ0n) is 7.63. The van der Waals surface area contributed by atoms with Gasteiger partial charge in [0.1, 0.15) is 5.75 Å². The van der Waals surface area contributed by atoms with Crippen molar-refractivity contribution in [1.82, 2.24) is 0 Å². The minimum absolute atomic E-state index is 0.705. The molecule has 0 aliphatic rings. The fraction of sp³-hybridized carbons (Fsp3) is 0.200. The highest BCUT2D eigenvalue weighted by molar-refractivity contribution is 7.19. The van der Waals surface area contributed by atoms with Gasteiger partial charge < -0.3 is 10.5 Å². The molecule has 1 aromatic heterocycles. The number of nitrogens with two attached hydrogens (primary N) is 1. The third-order valence-corrected chi connectivity index (χ3v) is 3.01. The van der Waals surface area contributed by atoms with Gasteiger partial charge in [0.05, 0.1) is 12.8 Å². The predicted molar refractivity (Wildman–Crippen MR) is 57.5 cm³/mol. The molecule has 2 rings (SSSR count). The molecule has 3 heteroatoms. The molecule has 1 aromatic carbocycles. The summed E-state index contributed by atoms with van der Waals surface area (Å²) in [6.07, 6.45) is 0. The molecule has 68 valence electrons. The van der Waals surface area contributed by atoms with E-state index < -0.39 is 0 Å². The van der Waals surface area contributed by atoms with Gasteiger partial charge in [0.15, 0.2) is 0 Å². The summed E-state index contributed by atoms with van der Waals surface area (Å²) in [5.41, 5.74) is 6.49. The number of methoxy groups -OCH3 is 1. The largest absolute Gasteiger partial charge is 0.495 e. The quantitative estimate of drug-likeness (QED) is 0.707. The van der Waals surface area contributed by atoms with E-state index in [9.17, 15) is 0 Å². The molecule has 0 fully saturated rings. The Kier molecular flexibility index (Phi) is 1.88. The lowest BCUT2D eigenvalue weighted by Gasteiger charge is -2.03. The van der Waals surface area contributed by atoms with E-state index in [2.05, 4.69) is 13.0 Å². The Morgan fingerprint density at radius 1 is 1.31 bits per heavy atom. The van der Waals surface area contributed by atoms with Gasteiger partial charge in [0, 0.05) is 9.58 Å². The van der Waals surface area contributed by atoms with Crippen LogP contribution in [0.15, 0.2) is 18.2 Å². The number of nitrogen functional groups attached to an aromatic ring is 1. The first kappa shape index (κ1) is 8.38. The molecule has 2 nitrogen and oxygen atoms in total. The third kappa shape index (κ3) is 1.35. The van der Waals surface area contributed by atoms with Crippen molar-refractivity contribution in [3.05, 3.63) is 23.1 Å². The van der Waals surface area contributed by atoms with Gasteiger partial charge in [0.25, 0.3) is 0 Å². The Hall–Kier alpha value is -1.22. The van der Waals surface area contributed by atoms with Crippen LogP contribution < -0.4 is 10.5 Å². The molecular formula is C10H11NOS. The molecule has 13 heavy (non-hydrogen) atoms. The fourth-order valence-corrected chi connectivity index (χ4v) is 2.35. The van der Waals surface area contributed by atoms with Crippen LogP contribution in [0.25, 0.3) is 10.1 Å². The van der Waals surface area contributed by atoms with E-state index in [1.165, 1.54) is 15.0 Å². The fourth-order valence-electron chi connectivity index (χ4n) is 1.39. The van der Waals surface area contributed by atoms with Crippen molar-refractivity contribution in [3.8, 4) is 5.75 Å². The molecule has 0 unspecified atom stereocenters. The van der Waals surface area contributed by atoms with Crippen molar-refractivity contribution in [3.63, 3.8) is 0 Å². The molecule has 0 amide bonds. The highest BCUT2D eigenvalue weighted by Crippen LogP contribution is 2.32. The smallest absolute Gasteiger partial charge is 0.142 e. The van der Waals surface area contributed by atoms with Crippen molar-refractivity contribution >= 4 is 27.1 Å². The molecule has 0 atom stereocenters. The number of aryl methyl sites for hydroxylation is 1. The summed E-state index contributed by atoms with van der Waals surface area (Å²) in [6, 6.07) is 6.09. The predicted octanol–water partition coefficient (Wildman–Crippen LogP) is 2.80. The highest BCUT2D eigenvalue weighted by atomic mass is 32.1. The van der Waals surface area contributed by atoms with E-state index in [1.807, 2.05) is 12.1 Å². The zero-order valence-corrected chi connectivity index (χ0v) is 8.44. The molecule has 0 aliphatic carbocycles. The summed E-state index contributed by atoms with van der Waals surface area (Å²) >= 11 is 1.75. The zero-order chi connectivity index (χ0) is 9.42. The van der Waals surface area contributed by atoms with E-state index >= 15 is 0 Å². The second-order valence-corrected chi connectivity index (χ2v) is 4.28. The Bertz CT molecular complexity index is 447. The maximum Gasteiger partial charge on any atom is 0.142 e. The molecule has 2 aromatic rings. The number of hydrogen-bond donors (Lipinski definition) is 1. The number of thiophene rings is 1. The normalized spacial score (nSPS) is 10.6. The average molecular weight is 193 g/mol. The van der Waals surface area contributed by atoms with Crippen LogP contribution in [0.4, 0.5) is 5.69 Å². The molecule has 2 N–H and O–H groups in total. The average Bonchev–Trinajstić information content (AvgIpc) is 2.42. The first-order chi connectivity index (χ1) is 6.20. The standard InChI is InChI=1S/C10H11NOS/c1-6-3-7-4-9(12-2)8(11)5-10(7)13-6/h3-5H,11H2,1-2H3. The Balaban J connectivity index is 2.72. The minimum Gasteiger partial charge on any atom is -0.495 e. The van der Waals surface area contributed by atoms with Gasteiger partial charge in [-0.05, 0) is 30.5 Å². The van der Waals surface area contributed by atoms with Crippen molar-refractivity contribution < 1.29 is 4.74 Å². The maximum absolute atomic E-state index is 5.79. The van der Waals surface area contributed by atoms with Gasteiger partial charge >= 0.3 is 0 Å². The van der Waals surface area contributed by atoms with Gasteiger partial charge in [-0.3, -0.25) is 0 Å². The van der Waals surface area contributed by atoms with Crippen molar-refractivity contribution in [1.29, 1.82) is 0 Å². The first-order valence-corrected chi connectivity index (χ1v) is 4.86. The number of fused-ring (bicyclic) bond motifs is 1. The summed E-state index contributed by atoms with van der Waals surface area (Å²) in [5, 5.41) is 1.20. The van der Waals surface area contributed by atoms with E-state index in [0.29, 0.717) is 5.69 Å². The van der Waals surface area contributed by atoms with Gasteiger partial charge in [-0.1, -0.05) is 0 Å². The van der Waals surface area contributed by atoms with E-state index in [-0.39, 0.29) is 0 Å². The van der Waals surface area contributed by atoms with Crippen molar-refractivity contribution in [2.45, 2.75) is 6.92 Å². The number of benzene rings is 1. The monoisotopic (exact) mass is 193 g/mol. The van der Waals surface area contributed by atoms with Gasteiger partial charge in [0.2, 0.25) is 0 Å². The minimum atomic E-state index is 0.705.